The Morgan fingerprint density at radius 1 is 1.03 bits per heavy atom. The molecule has 0 spiro atoms. The van der Waals surface area contributed by atoms with E-state index in [-0.39, 0.29) is 17.9 Å². The molecule has 1 saturated heterocycles. The maximum absolute atomic E-state index is 12.9. The summed E-state index contributed by atoms with van der Waals surface area (Å²) in [4.78, 5) is 37.8. The lowest BCUT2D eigenvalue weighted by Crippen LogP contribution is -2.35. The number of hydrogen-bond donors (Lipinski definition) is 1. The molecule has 172 valence electrons. The van der Waals surface area contributed by atoms with E-state index in [4.69, 9.17) is 4.74 Å². The van der Waals surface area contributed by atoms with Gasteiger partial charge in [0.2, 0.25) is 0 Å². The van der Waals surface area contributed by atoms with Crippen LogP contribution in [0.15, 0.2) is 78.4 Å². The van der Waals surface area contributed by atoms with E-state index in [0.717, 1.165) is 11.3 Å². The number of hydrazine groups is 1. The van der Waals surface area contributed by atoms with Crippen molar-refractivity contribution in [3.05, 3.63) is 99.6 Å². The number of para-hydroxylation sites is 1. The summed E-state index contributed by atoms with van der Waals surface area (Å²) in [5.41, 5.74) is 5.29. The van der Waals surface area contributed by atoms with Gasteiger partial charge in [0.05, 0.1) is 10.6 Å². The second-order valence-electron chi connectivity index (χ2n) is 7.80. The molecule has 1 fully saturated rings. The maximum atomic E-state index is 12.9. The summed E-state index contributed by atoms with van der Waals surface area (Å²) >= 11 is 0. The minimum atomic E-state index is -0.508. The number of anilines is 2. The van der Waals surface area contributed by atoms with Crippen molar-refractivity contribution in [1.29, 1.82) is 0 Å². The van der Waals surface area contributed by atoms with Crippen LogP contribution in [0.25, 0.3) is 6.08 Å². The van der Waals surface area contributed by atoms with Gasteiger partial charge in [-0.15, -0.1) is 0 Å². The molecule has 1 aliphatic rings. The van der Waals surface area contributed by atoms with Crippen LogP contribution in [-0.4, -0.2) is 30.8 Å². The van der Waals surface area contributed by atoms with E-state index in [2.05, 4.69) is 5.43 Å². The molecule has 2 amide bonds. The van der Waals surface area contributed by atoms with Crippen molar-refractivity contribution in [3.63, 3.8) is 0 Å². The minimum absolute atomic E-state index is 0.00231. The fourth-order valence-electron chi connectivity index (χ4n) is 3.39. The molecular weight excluding hydrogens is 436 g/mol. The predicted molar refractivity (Wildman–Crippen MR) is 128 cm³/mol. The molecule has 1 heterocycles. The van der Waals surface area contributed by atoms with E-state index < -0.39 is 16.7 Å². The largest absolute Gasteiger partial charge is 0.488 e. The predicted octanol–water partition coefficient (Wildman–Crippen LogP) is 3.70. The zero-order chi connectivity index (χ0) is 24.2. The molecule has 3 aromatic carbocycles. The van der Waals surface area contributed by atoms with Gasteiger partial charge in [0.1, 0.15) is 17.9 Å². The molecule has 1 aliphatic heterocycles. The molecule has 1 N–H and O–H groups in total. The van der Waals surface area contributed by atoms with Gasteiger partial charge in [-0.05, 0) is 48.0 Å². The average Bonchev–Trinajstić information content (AvgIpc) is 3.12. The van der Waals surface area contributed by atoms with E-state index in [1.165, 1.54) is 23.2 Å². The Morgan fingerprint density at radius 3 is 2.38 bits per heavy atom. The van der Waals surface area contributed by atoms with Gasteiger partial charge in [-0.2, -0.15) is 0 Å². The number of carbonyl (C=O) groups is 2. The number of rotatable bonds is 7. The minimum Gasteiger partial charge on any atom is -0.488 e. The SMILES string of the molecule is CN(C)c1ccc(/C=C2/C(=O)NN(c3ccccc3)C2=O)c(OCc2ccc([N+](=O)[O-])cc2)c1. The zero-order valence-corrected chi connectivity index (χ0v) is 18.6. The lowest BCUT2D eigenvalue weighted by Gasteiger charge is -2.16. The summed E-state index contributed by atoms with van der Waals surface area (Å²) in [6.45, 7) is 0.154. The summed E-state index contributed by atoms with van der Waals surface area (Å²) in [6.07, 6.45) is 1.51. The maximum Gasteiger partial charge on any atom is 0.282 e. The van der Waals surface area contributed by atoms with Crippen LogP contribution < -0.4 is 20.1 Å². The Hall–Kier alpha value is -4.66. The molecule has 0 saturated carbocycles. The second kappa shape index (κ2) is 9.45. The van der Waals surface area contributed by atoms with Crippen molar-refractivity contribution in [3.8, 4) is 5.75 Å². The molecule has 0 bridgehead atoms. The first-order valence-corrected chi connectivity index (χ1v) is 10.4. The monoisotopic (exact) mass is 458 g/mol. The third-order valence-corrected chi connectivity index (χ3v) is 5.26. The number of carbonyl (C=O) groups excluding carboxylic acids is 2. The standard InChI is InChI=1S/C25H22N4O5/c1-27(2)21-13-10-18(23(15-21)34-16-17-8-11-20(12-9-17)29(32)33)14-22-24(30)26-28(25(22)31)19-6-4-3-5-7-19/h3-15H,16H2,1-2H3,(H,26,30)/b22-14-. The molecule has 0 unspecified atom stereocenters. The van der Waals surface area contributed by atoms with Gasteiger partial charge in [0, 0.05) is 43.5 Å². The lowest BCUT2D eigenvalue weighted by molar-refractivity contribution is -0.384. The number of non-ortho nitro benzene ring substituents is 1. The smallest absolute Gasteiger partial charge is 0.282 e. The molecule has 0 atom stereocenters. The summed E-state index contributed by atoms with van der Waals surface area (Å²) in [6, 6.07) is 20.4. The number of nitrogens with one attached hydrogen (secondary N) is 1. The average molecular weight is 458 g/mol. The van der Waals surface area contributed by atoms with Gasteiger partial charge in [-0.3, -0.25) is 25.1 Å². The highest BCUT2D eigenvalue weighted by atomic mass is 16.6. The van der Waals surface area contributed by atoms with Crippen molar-refractivity contribution in [2.24, 2.45) is 0 Å². The van der Waals surface area contributed by atoms with Crippen LogP contribution in [0.4, 0.5) is 17.1 Å². The Bertz CT molecular complexity index is 1270. The number of ether oxygens (including phenoxy) is 1. The zero-order valence-electron chi connectivity index (χ0n) is 18.6. The topological polar surface area (TPSA) is 105 Å². The van der Waals surface area contributed by atoms with Crippen LogP contribution in [0, 0.1) is 10.1 Å². The normalized spacial score (nSPS) is 14.3. The number of nitro benzene ring substituents is 1. The molecular formula is C25H22N4O5. The Kier molecular flexibility index (Phi) is 6.26. The van der Waals surface area contributed by atoms with Crippen LogP contribution in [0.5, 0.6) is 5.75 Å². The van der Waals surface area contributed by atoms with E-state index in [0.29, 0.717) is 17.0 Å². The molecule has 0 aliphatic carbocycles. The van der Waals surface area contributed by atoms with Crippen LogP contribution in [0.2, 0.25) is 0 Å². The number of nitro groups is 1. The first kappa shape index (κ1) is 22.5. The van der Waals surface area contributed by atoms with Gasteiger partial charge in [-0.1, -0.05) is 18.2 Å². The van der Waals surface area contributed by atoms with Crippen LogP contribution >= 0.6 is 0 Å². The number of hydrogen-bond acceptors (Lipinski definition) is 6. The summed E-state index contributed by atoms with van der Waals surface area (Å²) in [5.74, 6) is -0.503. The molecule has 3 aromatic rings. The summed E-state index contributed by atoms with van der Waals surface area (Å²) in [7, 11) is 3.78. The fraction of sp³-hybridized carbons (Fsp3) is 0.120. The highest BCUT2D eigenvalue weighted by molar-refractivity contribution is 6.31. The molecule has 0 aromatic heterocycles. The van der Waals surface area contributed by atoms with Crippen molar-refractivity contribution < 1.29 is 19.2 Å². The van der Waals surface area contributed by atoms with Crippen molar-refractivity contribution in [2.75, 3.05) is 24.0 Å². The number of benzene rings is 3. The quantitative estimate of drug-likeness (QED) is 0.251. The van der Waals surface area contributed by atoms with Gasteiger partial charge >= 0.3 is 0 Å². The van der Waals surface area contributed by atoms with Gasteiger partial charge < -0.3 is 9.64 Å². The van der Waals surface area contributed by atoms with E-state index in [1.807, 2.05) is 37.2 Å². The van der Waals surface area contributed by atoms with Crippen molar-refractivity contribution in [1.82, 2.24) is 5.43 Å². The third-order valence-electron chi connectivity index (χ3n) is 5.26. The van der Waals surface area contributed by atoms with E-state index >= 15 is 0 Å². The van der Waals surface area contributed by atoms with Crippen LogP contribution in [0.1, 0.15) is 11.1 Å². The van der Waals surface area contributed by atoms with E-state index in [1.54, 1.807) is 42.5 Å². The number of nitrogens with zero attached hydrogens (tertiary/aromatic N) is 3. The van der Waals surface area contributed by atoms with Crippen LogP contribution in [-0.2, 0) is 16.2 Å². The van der Waals surface area contributed by atoms with Crippen molar-refractivity contribution >= 4 is 35.0 Å². The Balaban J connectivity index is 1.62. The lowest BCUT2D eigenvalue weighted by atomic mass is 10.1. The highest BCUT2D eigenvalue weighted by Gasteiger charge is 2.34. The summed E-state index contributed by atoms with van der Waals surface area (Å²) < 4.78 is 6.01. The molecule has 34 heavy (non-hydrogen) atoms. The van der Waals surface area contributed by atoms with Gasteiger partial charge in [0.25, 0.3) is 17.5 Å². The summed E-state index contributed by atoms with van der Waals surface area (Å²) in [5, 5.41) is 12.1. The van der Waals surface area contributed by atoms with E-state index in [9.17, 15) is 19.7 Å². The first-order chi connectivity index (χ1) is 16.3. The Morgan fingerprint density at radius 2 is 1.74 bits per heavy atom. The van der Waals surface area contributed by atoms with Crippen molar-refractivity contribution in [2.45, 2.75) is 6.61 Å². The Labute approximate surface area is 196 Å². The second-order valence-corrected chi connectivity index (χ2v) is 7.80. The highest BCUT2D eigenvalue weighted by Crippen LogP contribution is 2.30. The van der Waals surface area contributed by atoms with Gasteiger partial charge in [0.15, 0.2) is 0 Å². The third kappa shape index (κ3) is 4.73. The number of amides is 2. The molecule has 0 radical (unpaired) electrons. The first-order valence-electron chi connectivity index (χ1n) is 10.4. The molecule has 4 rings (SSSR count). The molecule has 9 nitrogen and oxygen atoms in total. The molecule has 9 heteroatoms. The fourth-order valence-corrected chi connectivity index (χ4v) is 3.39. The van der Waals surface area contributed by atoms with Crippen LogP contribution in [0.3, 0.4) is 0 Å². The van der Waals surface area contributed by atoms with Gasteiger partial charge in [-0.25, -0.2) is 5.01 Å².